The largest absolute Gasteiger partial charge is 0.573 e. The molecule has 90 valence electrons. The van der Waals surface area contributed by atoms with E-state index in [9.17, 15) is 22.0 Å². The fraction of sp³-hybridized carbons (Fsp3) is 0.250. The molecule has 2 nitrogen and oxygen atoms in total. The number of nitrogens with two attached hydrogens (primary N) is 1. The molecule has 0 saturated carbocycles. The number of hydrogen-bond donors (Lipinski definition) is 1. The lowest BCUT2D eigenvalue weighted by atomic mass is 10.2. The van der Waals surface area contributed by atoms with Crippen LogP contribution in [0.3, 0.4) is 0 Å². The van der Waals surface area contributed by atoms with Gasteiger partial charge in [0.2, 0.25) is 0 Å². The highest BCUT2D eigenvalue weighted by Gasteiger charge is 2.33. The number of hydrogen-bond acceptors (Lipinski definition) is 2. The fourth-order valence-corrected chi connectivity index (χ4v) is 1.30. The monoisotopic (exact) mass is 305 g/mol. The molecule has 1 aromatic carbocycles. The van der Waals surface area contributed by atoms with Crippen LogP contribution in [0.25, 0.3) is 0 Å². The summed E-state index contributed by atoms with van der Waals surface area (Å²) in [6, 6.07) is 1.49. The third-order valence-corrected chi connectivity index (χ3v) is 2.28. The highest BCUT2D eigenvalue weighted by atomic mass is 79.9. The number of ether oxygens (including phenoxy) is 1. The van der Waals surface area contributed by atoms with E-state index in [0.717, 1.165) is 12.1 Å². The van der Waals surface area contributed by atoms with Crippen LogP contribution in [-0.2, 0) is 0 Å². The minimum atomic E-state index is -5.03. The third kappa shape index (κ3) is 3.22. The summed E-state index contributed by atoms with van der Waals surface area (Å²) in [6.45, 7) is 0. The molecule has 16 heavy (non-hydrogen) atoms. The van der Waals surface area contributed by atoms with Crippen LogP contribution in [0.5, 0.6) is 5.75 Å². The van der Waals surface area contributed by atoms with E-state index in [1.165, 1.54) is 0 Å². The lowest BCUT2D eigenvalue weighted by Gasteiger charge is -2.14. The van der Waals surface area contributed by atoms with E-state index in [2.05, 4.69) is 20.7 Å². The van der Waals surface area contributed by atoms with Crippen molar-refractivity contribution in [3.8, 4) is 5.75 Å². The maximum atomic E-state index is 12.4. The average Bonchev–Trinajstić information content (AvgIpc) is 2.07. The molecule has 0 aliphatic heterocycles. The second kappa shape index (κ2) is 4.44. The first kappa shape index (κ1) is 13.0. The van der Waals surface area contributed by atoms with Crippen molar-refractivity contribution in [2.24, 2.45) is 0 Å². The lowest BCUT2D eigenvalue weighted by Crippen LogP contribution is -2.18. The van der Waals surface area contributed by atoms with Gasteiger partial charge in [0.1, 0.15) is 5.75 Å². The Morgan fingerprint density at radius 2 is 1.81 bits per heavy atom. The molecule has 0 bridgehead atoms. The molecule has 0 heterocycles. The van der Waals surface area contributed by atoms with Gasteiger partial charge in [-0.3, -0.25) is 0 Å². The lowest BCUT2D eigenvalue weighted by molar-refractivity contribution is -0.275. The predicted octanol–water partition coefficient (Wildman–Crippen LogP) is 3.87. The molecule has 1 rings (SSSR count). The summed E-state index contributed by atoms with van der Waals surface area (Å²) in [6.07, 6.45) is -8.13. The van der Waals surface area contributed by atoms with Crippen LogP contribution in [0.1, 0.15) is 12.0 Å². The smallest absolute Gasteiger partial charge is 0.405 e. The molecule has 0 aromatic heterocycles. The zero-order valence-electron chi connectivity index (χ0n) is 7.49. The van der Waals surface area contributed by atoms with E-state index in [1.54, 1.807) is 0 Å². The van der Waals surface area contributed by atoms with Gasteiger partial charge in [0.25, 0.3) is 6.43 Å². The van der Waals surface area contributed by atoms with Gasteiger partial charge < -0.3 is 10.5 Å². The Labute approximate surface area is 95.3 Å². The zero-order chi connectivity index (χ0) is 12.5. The Kier molecular flexibility index (Phi) is 3.61. The van der Waals surface area contributed by atoms with E-state index < -0.39 is 24.1 Å². The van der Waals surface area contributed by atoms with Crippen LogP contribution in [0, 0.1) is 0 Å². The first-order valence-electron chi connectivity index (χ1n) is 3.83. The molecular formula is C8H5BrF5NO. The topological polar surface area (TPSA) is 35.2 Å². The molecule has 0 atom stereocenters. The molecule has 0 unspecified atom stereocenters. The van der Waals surface area contributed by atoms with Crippen LogP contribution in [0.4, 0.5) is 27.6 Å². The third-order valence-electron chi connectivity index (χ3n) is 1.59. The van der Waals surface area contributed by atoms with E-state index in [4.69, 9.17) is 5.73 Å². The minimum Gasteiger partial charge on any atom is -0.405 e. The Morgan fingerprint density at radius 1 is 1.25 bits per heavy atom. The molecule has 0 radical (unpaired) electrons. The number of rotatable bonds is 2. The first-order valence-corrected chi connectivity index (χ1v) is 4.63. The number of nitrogen functional groups attached to an aromatic ring is 1. The van der Waals surface area contributed by atoms with Gasteiger partial charge >= 0.3 is 6.36 Å². The maximum Gasteiger partial charge on any atom is 0.573 e. The van der Waals surface area contributed by atoms with Crippen molar-refractivity contribution in [3.05, 3.63) is 22.2 Å². The van der Waals surface area contributed by atoms with Crippen molar-refractivity contribution < 1.29 is 26.7 Å². The van der Waals surface area contributed by atoms with E-state index in [0.29, 0.717) is 0 Å². The van der Waals surface area contributed by atoms with Crippen LogP contribution in [0.15, 0.2) is 16.6 Å². The van der Waals surface area contributed by atoms with Crippen molar-refractivity contribution in [1.82, 2.24) is 0 Å². The summed E-state index contributed by atoms with van der Waals surface area (Å²) in [7, 11) is 0. The highest BCUT2D eigenvalue weighted by Crippen LogP contribution is 2.37. The fourth-order valence-electron chi connectivity index (χ4n) is 0.973. The van der Waals surface area contributed by atoms with Gasteiger partial charge in [0.05, 0.1) is 5.56 Å². The molecular weight excluding hydrogens is 301 g/mol. The number of anilines is 1. The van der Waals surface area contributed by atoms with Crippen molar-refractivity contribution >= 4 is 21.6 Å². The first-order chi connectivity index (χ1) is 7.20. The number of halogens is 6. The quantitative estimate of drug-likeness (QED) is 0.665. The van der Waals surface area contributed by atoms with Crippen LogP contribution >= 0.6 is 15.9 Å². The van der Waals surface area contributed by atoms with Gasteiger partial charge in [0.15, 0.2) is 0 Å². The SMILES string of the molecule is Nc1cc(C(F)F)c(OC(F)(F)F)cc1Br. The maximum absolute atomic E-state index is 12.4. The van der Waals surface area contributed by atoms with Crippen molar-refractivity contribution in [1.29, 1.82) is 0 Å². The van der Waals surface area contributed by atoms with E-state index in [-0.39, 0.29) is 10.2 Å². The molecule has 0 amide bonds. The van der Waals surface area contributed by atoms with Gasteiger partial charge in [-0.1, -0.05) is 0 Å². The minimum absolute atomic E-state index is 0.0520. The normalized spacial score (nSPS) is 11.9. The number of alkyl halides is 5. The van der Waals surface area contributed by atoms with Crippen LogP contribution < -0.4 is 10.5 Å². The Hall–Kier alpha value is -1.05. The van der Waals surface area contributed by atoms with E-state index in [1.807, 2.05) is 0 Å². The summed E-state index contributed by atoms with van der Waals surface area (Å²) >= 11 is 2.82. The van der Waals surface area contributed by atoms with Crippen molar-refractivity contribution in [2.45, 2.75) is 12.8 Å². The summed E-state index contributed by atoms with van der Waals surface area (Å²) < 4.78 is 64.0. The van der Waals surface area contributed by atoms with Gasteiger partial charge in [-0.2, -0.15) is 0 Å². The highest BCUT2D eigenvalue weighted by molar-refractivity contribution is 9.10. The predicted molar refractivity (Wildman–Crippen MR) is 50.2 cm³/mol. The van der Waals surface area contributed by atoms with Gasteiger partial charge in [-0.15, -0.1) is 13.2 Å². The second-order valence-electron chi connectivity index (χ2n) is 2.76. The Morgan fingerprint density at radius 3 is 2.25 bits per heavy atom. The molecule has 2 N–H and O–H groups in total. The summed E-state index contributed by atoms with van der Waals surface area (Å²) in [5.74, 6) is -0.969. The molecule has 8 heteroatoms. The Balaban J connectivity index is 3.20. The van der Waals surface area contributed by atoms with E-state index >= 15 is 0 Å². The number of benzene rings is 1. The molecule has 0 spiro atoms. The summed E-state index contributed by atoms with van der Waals surface area (Å²) in [5, 5.41) is 0. The van der Waals surface area contributed by atoms with Crippen LogP contribution in [0.2, 0.25) is 0 Å². The van der Waals surface area contributed by atoms with Gasteiger partial charge in [-0.05, 0) is 28.1 Å². The second-order valence-corrected chi connectivity index (χ2v) is 3.61. The standard InChI is InChI=1S/C8H5BrF5NO/c9-4-2-6(16-8(12,13)14)3(7(10)11)1-5(4)15/h1-2,7H,15H2. The Bertz CT molecular complexity index is 393. The molecule has 0 fully saturated rings. The van der Waals surface area contributed by atoms with Gasteiger partial charge in [-0.25, -0.2) is 8.78 Å². The zero-order valence-corrected chi connectivity index (χ0v) is 9.07. The van der Waals surface area contributed by atoms with Crippen LogP contribution in [-0.4, -0.2) is 6.36 Å². The summed E-state index contributed by atoms with van der Waals surface area (Å²) in [4.78, 5) is 0. The van der Waals surface area contributed by atoms with Crippen molar-refractivity contribution in [3.63, 3.8) is 0 Å². The molecule has 0 saturated heterocycles. The molecule has 0 aliphatic carbocycles. The van der Waals surface area contributed by atoms with Crippen molar-refractivity contribution in [2.75, 3.05) is 5.73 Å². The summed E-state index contributed by atoms with van der Waals surface area (Å²) in [5.41, 5.74) is 4.28. The van der Waals surface area contributed by atoms with Gasteiger partial charge in [0, 0.05) is 10.2 Å². The molecule has 0 aliphatic rings. The average molecular weight is 306 g/mol. The molecule has 1 aromatic rings.